The summed E-state index contributed by atoms with van der Waals surface area (Å²) in [6.07, 6.45) is 1.68. The lowest BCUT2D eigenvalue weighted by Crippen LogP contribution is -2.31. The number of anilines is 1. The number of pyridine rings is 1. The van der Waals surface area contributed by atoms with Crippen LogP contribution in [0.4, 0.5) is 10.1 Å². The fourth-order valence-electron chi connectivity index (χ4n) is 2.06. The van der Waals surface area contributed by atoms with Crippen molar-refractivity contribution in [3.8, 4) is 0 Å². The lowest BCUT2D eigenvalue weighted by molar-refractivity contribution is -0.131. The van der Waals surface area contributed by atoms with E-state index in [2.05, 4.69) is 4.98 Å². The number of nitrogen functional groups attached to an aromatic ring is 1. The summed E-state index contributed by atoms with van der Waals surface area (Å²) in [5, 5.41) is 0. The Labute approximate surface area is 135 Å². The van der Waals surface area contributed by atoms with Gasteiger partial charge in [0.2, 0.25) is 5.91 Å². The zero-order chi connectivity index (χ0) is 15.4. The highest BCUT2D eigenvalue weighted by atomic mass is 35.5. The third-order valence-electron chi connectivity index (χ3n) is 3.51. The minimum Gasteiger partial charge on any atom is -0.397 e. The van der Waals surface area contributed by atoms with Crippen LogP contribution in [0.5, 0.6) is 0 Å². The molecule has 4 nitrogen and oxygen atoms in total. The van der Waals surface area contributed by atoms with Crippen LogP contribution in [0.3, 0.4) is 0 Å². The number of rotatable bonds is 4. The van der Waals surface area contributed by atoms with Crippen LogP contribution < -0.4 is 5.73 Å². The van der Waals surface area contributed by atoms with Crippen LogP contribution in [0.25, 0.3) is 0 Å². The number of amides is 1. The maximum Gasteiger partial charge on any atom is 0.228 e. The molecule has 1 amide bonds. The molecule has 6 heteroatoms. The van der Waals surface area contributed by atoms with E-state index in [9.17, 15) is 9.18 Å². The number of nitrogens with zero attached hydrogens (tertiary/aromatic N) is 2. The van der Waals surface area contributed by atoms with Gasteiger partial charge in [0.1, 0.15) is 5.82 Å². The minimum atomic E-state index is -0.340. The van der Waals surface area contributed by atoms with Crippen molar-refractivity contribution in [2.45, 2.75) is 19.4 Å². The first-order chi connectivity index (χ1) is 9.99. The van der Waals surface area contributed by atoms with Gasteiger partial charge in [-0.1, -0.05) is 18.2 Å². The first-order valence-electron chi connectivity index (χ1n) is 6.69. The van der Waals surface area contributed by atoms with Crippen LogP contribution in [-0.4, -0.2) is 22.8 Å². The van der Waals surface area contributed by atoms with Crippen molar-refractivity contribution >= 4 is 24.0 Å². The number of carbonyl (C=O) groups is 1. The van der Waals surface area contributed by atoms with Gasteiger partial charge in [0.25, 0.3) is 0 Å². The third-order valence-corrected chi connectivity index (χ3v) is 3.51. The lowest BCUT2D eigenvalue weighted by atomic mass is 10.1. The summed E-state index contributed by atoms with van der Waals surface area (Å²) in [6, 6.07) is 9.55. The van der Waals surface area contributed by atoms with Crippen molar-refractivity contribution in [1.82, 2.24) is 9.88 Å². The van der Waals surface area contributed by atoms with E-state index in [1.807, 2.05) is 0 Å². The summed E-state index contributed by atoms with van der Waals surface area (Å²) in [6.45, 7) is 1.80. The molecule has 0 aliphatic rings. The molecule has 118 valence electrons. The Bertz CT molecular complexity index is 634. The SMILES string of the molecule is CC(c1ccccc1F)N(C)C(=O)Cc1ccc(N)cn1.Cl. The third kappa shape index (κ3) is 4.18. The van der Waals surface area contributed by atoms with E-state index in [-0.39, 0.29) is 36.6 Å². The molecule has 2 N–H and O–H groups in total. The van der Waals surface area contributed by atoms with Crippen molar-refractivity contribution < 1.29 is 9.18 Å². The fraction of sp³-hybridized carbons (Fsp3) is 0.250. The predicted molar refractivity (Wildman–Crippen MR) is 87.2 cm³/mol. The van der Waals surface area contributed by atoms with Gasteiger partial charge in [-0.15, -0.1) is 12.4 Å². The normalized spacial score (nSPS) is 11.4. The number of benzene rings is 1. The van der Waals surface area contributed by atoms with Crippen LogP contribution in [0.1, 0.15) is 24.2 Å². The molecule has 2 aromatic rings. The van der Waals surface area contributed by atoms with Gasteiger partial charge in [-0.3, -0.25) is 9.78 Å². The molecule has 0 saturated carbocycles. The van der Waals surface area contributed by atoms with Gasteiger partial charge < -0.3 is 10.6 Å². The predicted octanol–water partition coefficient (Wildman–Crippen LogP) is 2.99. The monoisotopic (exact) mass is 323 g/mol. The number of likely N-dealkylation sites (N-methyl/N-ethyl adjacent to an activating group) is 1. The molecule has 1 atom stereocenters. The van der Waals surface area contributed by atoms with Crippen molar-refractivity contribution in [2.75, 3.05) is 12.8 Å². The van der Waals surface area contributed by atoms with Crippen molar-refractivity contribution in [2.24, 2.45) is 0 Å². The molecule has 0 aliphatic carbocycles. The Balaban J connectivity index is 0.00000242. The average molecular weight is 324 g/mol. The Morgan fingerprint density at radius 3 is 2.59 bits per heavy atom. The zero-order valence-electron chi connectivity index (χ0n) is 12.5. The lowest BCUT2D eigenvalue weighted by Gasteiger charge is -2.25. The molecule has 0 bridgehead atoms. The van der Waals surface area contributed by atoms with Crippen molar-refractivity contribution in [3.05, 3.63) is 59.7 Å². The summed E-state index contributed by atoms with van der Waals surface area (Å²) in [5.41, 5.74) is 7.25. The molecule has 0 saturated heterocycles. The van der Waals surface area contributed by atoms with Gasteiger partial charge in [0.05, 0.1) is 24.3 Å². The van der Waals surface area contributed by atoms with E-state index in [1.165, 1.54) is 17.2 Å². The first-order valence-corrected chi connectivity index (χ1v) is 6.69. The minimum absolute atomic E-state index is 0. The maximum atomic E-state index is 13.8. The molecule has 1 aromatic carbocycles. The van der Waals surface area contributed by atoms with Crippen LogP contribution in [0.2, 0.25) is 0 Å². The number of carbonyl (C=O) groups excluding carboxylic acids is 1. The molecule has 1 heterocycles. The Hall–Kier alpha value is -2.14. The number of aromatic nitrogens is 1. The molecule has 2 rings (SSSR count). The van der Waals surface area contributed by atoms with Gasteiger partial charge in [0, 0.05) is 18.3 Å². The second kappa shape index (κ2) is 7.75. The maximum absolute atomic E-state index is 13.8. The highest BCUT2D eigenvalue weighted by Crippen LogP contribution is 2.22. The topological polar surface area (TPSA) is 59.2 Å². The Kier molecular flexibility index (Phi) is 6.31. The molecule has 1 unspecified atom stereocenters. The largest absolute Gasteiger partial charge is 0.397 e. The summed E-state index contributed by atoms with van der Waals surface area (Å²) < 4.78 is 13.8. The first kappa shape index (κ1) is 17.9. The number of nitrogens with two attached hydrogens (primary N) is 1. The summed E-state index contributed by atoms with van der Waals surface area (Å²) >= 11 is 0. The van der Waals surface area contributed by atoms with Gasteiger partial charge in [-0.05, 0) is 25.1 Å². The highest BCUT2D eigenvalue weighted by molar-refractivity contribution is 5.85. The fourth-order valence-corrected chi connectivity index (χ4v) is 2.06. The summed E-state index contributed by atoms with van der Waals surface area (Å²) in [7, 11) is 1.66. The van der Waals surface area contributed by atoms with Crippen molar-refractivity contribution in [3.63, 3.8) is 0 Å². The second-order valence-corrected chi connectivity index (χ2v) is 4.96. The van der Waals surface area contributed by atoms with Gasteiger partial charge >= 0.3 is 0 Å². The zero-order valence-corrected chi connectivity index (χ0v) is 13.3. The molecule has 22 heavy (non-hydrogen) atoms. The summed E-state index contributed by atoms with van der Waals surface area (Å²) in [5.74, 6) is -0.432. The molecule has 0 aliphatic heterocycles. The van der Waals surface area contributed by atoms with Crippen LogP contribution in [0.15, 0.2) is 42.6 Å². The standard InChI is InChI=1S/C16H18FN3O.ClH/c1-11(14-5-3-4-6-15(14)17)20(2)16(21)9-13-8-7-12(18)10-19-13;/h3-8,10-11H,9,18H2,1-2H3;1H. The van der Waals surface area contributed by atoms with E-state index >= 15 is 0 Å². The van der Waals surface area contributed by atoms with E-state index in [0.717, 1.165) is 0 Å². The van der Waals surface area contributed by atoms with Crippen LogP contribution in [0, 0.1) is 5.82 Å². The van der Waals surface area contributed by atoms with Gasteiger partial charge in [-0.25, -0.2) is 4.39 Å². The molecule has 1 aromatic heterocycles. The molecule has 0 radical (unpaired) electrons. The molecule has 0 spiro atoms. The average Bonchev–Trinajstić information content (AvgIpc) is 2.48. The Morgan fingerprint density at radius 1 is 1.32 bits per heavy atom. The van der Waals surface area contributed by atoms with Crippen LogP contribution in [-0.2, 0) is 11.2 Å². The number of halogens is 2. The smallest absolute Gasteiger partial charge is 0.228 e. The second-order valence-electron chi connectivity index (χ2n) is 4.96. The molecular formula is C16H19ClFN3O. The van der Waals surface area contributed by atoms with Gasteiger partial charge in [-0.2, -0.15) is 0 Å². The summed E-state index contributed by atoms with van der Waals surface area (Å²) in [4.78, 5) is 17.9. The highest BCUT2D eigenvalue weighted by Gasteiger charge is 2.20. The van der Waals surface area contributed by atoms with Crippen molar-refractivity contribution in [1.29, 1.82) is 0 Å². The Morgan fingerprint density at radius 2 is 2.00 bits per heavy atom. The number of hydrogen-bond acceptors (Lipinski definition) is 3. The number of hydrogen-bond donors (Lipinski definition) is 1. The van der Waals surface area contributed by atoms with E-state index in [0.29, 0.717) is 16.9 Å². The van der Waals surface area contributed by atoms with E-state index < -0.39 is 0 Å². The quantitative estimate of drug-likeness (QED) is 0.941. The van der Waals surface area contributed by atoms with E-state index in [4.69, 9.17) is 5.73 Å². The van der Waals surface area contributed by atoms with E-state index in [1.54, 1.807) is 44.3 Å². The molecular weight excluding hydrogens is 305 g/mol. The molecule has 0 fully saturated rings. The van der Waals surface area contributed by atoms with Crippen LogP contribution >= 0.6 is 12.4 Å². The van der Waals surface area contributed by atoms with Gasteiger partial charge in [0.15, 0.2) is 0 Å².